The van der Waals surface area contributed by atoms with Crippen molar-refractivity contribution in [3.05, 3.63) is 27.4 Å². The number of hydrogen-bond acceptors (Lipinski definition) is 3. The van der Waals surface area contributed by atoms with Crippen molar-refractivity contribution in [3.63, 3.8) is 0 Å². The number of nitrogens with zero attached hydrogens (tertiary/aromatic N) is 2. The zero-order valence-electron chi connectivity index (χ0n) is 13.2. The predicted octanol–water partition coefficient (Wildman–Crippen LogP) is 2.11. The van der Waals surface area contributed by atoms with E-state index in [0.29, 0.717) is 30.3 Å². The number of aromatic amines is 1. The molecule has 1 aliphatic rings. The zero-order valence-corrected chi connectivity index (χ0v) is 13.2. The summed E-state index contributed by atoms with van der Waals surface area (Å²) in [7, 11) is 0. The fourth-order valence-corrected chi connectivity index (χ4v) is 3.28. The van der Waals surface area contributed by atoms with Crippen molar-refractivity contribution in [2.24, 2.45) is 0 Å². The van der Waals surface area contributed by atoms with Gasteiger partial charge in [-0.05, 0) is 40.0 Å². The number of hydrogen-bond donors (Lipinski definition) is 1. The van der Waals surface area contributed by atoms with Crippen LogP contribution in [0.5, 0.6) is 0 Å². The van der Waals surface area contributed by atoms with Gasteiger partial charge < -0.3 is 9.88 Å². The van der Waals surface area contributed by atoms with E-state index in [0.717, 1.165) is 25.1 Å². The molecule has 1 saturated carbocycles. The first-order valence-electron chi connectivity index (χ1n) is 7.88. The lowest BCUT2D eigenvalue weighted by atomic mass is 10.1. The van der Waals surface area contributed by atoms with E-state index in [2.05, 4.69) is 9.97 Å². The van der Waals surface area contributed by atoms with E-state index in [1.54, 1.807) is 6.92 Å². The summed E-state index contributed by atoms with van der Waals surface area (Å²) >= 11 is 0. The molecule has 5 heteroatoms. The normalized spacial score (nSPS) is 15.4. The number of carbonyl (C=O) groups is 1. The zero-order chi connectivity index (χ0) is 15.4. The van der Waals surface area contributed by atoms with Crippen molar-refractivity contribution in [1.82, 2.24) is 14.9 Å². The second-order valence-electron chi connectivity index (χ2n) is 5.83. The molecule has 0 aromatic carbocycles. The predicted molar refractivity (Wildman–Crippen MR) is 82.3 cm³/mol. The SMILES string of the molecule is CCN(C(=O)CCc1c(C)nc(C)[nH]c1=O)C1CCCC1. The molecule has 116 valence electrons. The molecule has 21 heavy (non-hydrogen) atoms. The maximum Gasteiger partial charge on any atom is 0.254 e. The molecule has 0 bridgehead atoms. The summed E-state index contributed by atoms with van der Waals surface area (Å²) < 4.78 is 0. The van der Waals surface area contributed by atoms with Crippen LogP contribution in [0.1, 0.15) is 56.1 Å². The third-order valence-corrected chi connectivity index (χ3v) is 4.36. The standard InChI is InChI=1S/C16H25N3O2/c1-4-19(13-7-5-6-8-13)15(20)10-9-14-11(2)17-12(3)18-16(14)21/h13H,4-10H2,1-3H3,(H,17,18,21). The van der Waals surface area contributed by atoms with Crippen molar-refractivity contribution in [1.29, 1.82) is 0 Å². The van der Waals surface area contributed by atoms with Crippen molar-refractivity contribution in [3.8, 4) is 0 Å². The highest BCUT2D eigenvalue weighted by atomic mass is 16.2. The van der Waals surface area contributed by atoms with Crippen LogP contribution in [0.2, 0.25) is 0 Å². The first kappa shape index (κ1) is 15.7. The Labute approximate surface area is 125 Å². The van der Waals surface area contributed by atoms with Crippen LogP contribution in [0.3, 0.4) is 0 Å². The van der Waals surface area contributed by atoms with Gasteiger partial charge in [0, 0.05) is 30.3 Å². The largest absolute Gasteiger partial charge is 0.340 e. The van der Waals surface area contributed by atoms with Gasteiger partial charge in [-0.1, -0.05) is 12.8 Å². The molecule has 0 radical (unpaired) electrons. The Morgan fingerprint density at radius 3 is 2.57 bits per heavy atom. The van der Waals surface area contributed by atoms with Crippen LogP contribution in [0.15, 0.2) is 4.79 Å². The first-order chi connectivity index (χ1) is 10.0. The lowest BCUT2D eigenvalue weighted by Crippen LogP contribution is -2.39. The minimum Gasteiger partial charge on any atom is -0.340 e. The summed E-state index contributed by atoms with van der Waals surface area (Å²) in [6, 6.07) is 0.401. The fraction of sp³-hybridized carbons (Fsp3) is 0.688. The molecule has 1 amide bonds. The molecule has 0 saturated heterocycles. The van der Waals surface area contributed by atoms with Crippen LogP contribution in [0, 0.1) is 13.8 Å². The van der Waals surface area contributed by atoms with E-state index >= 15 is 0 Å². The summed E-state index contributed by atoms with van der Waals surface area (Å²) in [6.45, 7) is 6.38. The number of H-pyrrole nitrogens is 1. The van der Waals surface area contributed by atoms with Gasteiger partial charge in [0.05, 0.1) is 0 Å². The van der Waals surface area contributed by atoms with Gasteiger partial charge in [-0.3, -0.25) is 9.59 Å². The van der Waals surface area contributed by atoms with Gasteiger partial charge in [-0.25, -0.2) is 4.98 Å². The second kappa shape index (κ2) is 6.87. The third kappa shape index (κ3) is 3.71. The van der Waals surface area contributed by atoms with Gasteiger partial charge >= 0.3 is 0 Å². The Hall–Kier alpha value is -1.65. The number of nitrogens with one attached hydrogen (secondary N) is 1. The van der Waals surface area contributed by atoms with Crippen LogP contribution >= 0.6 is 0 Å². The minimum atomic E-state index is -0.114. The molecule has 1 N–H and O–H groups in total. The number of carbonyl (C=O) groups excluding carboxylic acids is 1. The highest BCUT2D eigenvalue weighted by molar-refractivity contribution is 5.76. The van der Waals surface area contributed by atoms with Crippen LogP contribution in [0.25, 0.3) is 0 Å². The van der Waals surface area contributed by atoms with Gasteiger partial charge in [-0.15, -0.1) is 0 Å². The Bertz CT molecular complexity index is 559. The van der Waals surface area contributed by atoms with Crippen molar-refractivity contribution >= 4 is 5.91 Å². The lowest BCUT2D eigenvalue weighted by molar-refractivity contribution is -0.133. The van der Waals surface area contributed by atoms with E-state index < -0.39 is 0 Å². The van der Waals surface area contributed by atoms with Crippen molar-refractivity contribution < 1.29 is 4.79 Å². The van der Waals surface area contributed by atoms with Gasteiger partial charge in [-0.2, -0.15) is 0 Å². The molecule has 0 atom stereocenters. The van der Waals surface area contributed by atoms with Gasteiger partial charge in [0.25, 0.3) is 5.56 Å². The summed E-state index contributed by atoms with van der Waals surface area (Å²) in [4.78, 5) is 33.3. The molecule has 1 fully saturated rings. The molecule has 1 heterocycles. The first-order valence-corrected chi connectivity index (χ1v) is 7.88. The molecule has 5 nitrogen and oxygen atoms in total. The van der Waals surface area contributed by atoms with E-state index in [1.165, 1.54) is 12.8 Å². The summed E-state index contributed by atoms with van der Waals surface area (Å²) in [5.74, 6) is 0.775. The third-order valence-electron chi connectivity index (χ3n) is 4.36. The maximum atomic E-state index is 12.4. The molecular weight excluding hydrogens is 266 g/mol. The Morgan fingerprint density at radius 1 is 1.33 bits per heavy atom. The van der Waals surface area contributed by atoms with Crippen molar-refractivity contribution in [2.45, 2.75) is 65.3 Å². The topological polar surface area (TPSA) is 66.1 Å². The molecule has 0 unspecified atom stereocenters. The number of aromatic nitrogens is 2. The maximum absolute atomic E-state index is 12.4. The average molecular weight is 291 g/mol. The van der Waals surface area contributed by atoms with Crippen LogP contribution in [-0.4, -0.2) is 33.4 Å². The second-order valence-corrected chi connectivity index (χ2v) is 5.83. The highest BCUT2D eigenvalue weighted by Crippen LogP contribution is 2.24. The molecule has 0 spiro atoms. The molecular formula is C16H25N3O2. The Balaban J connectivity index is 2.02. The number of amides is 1. The van der Waals surface area contributed by atoms with E-state index in [-0.39, 0.29) is 11.5 Å². The van der Waals surface area contributed by atoms with Crippen LogP contribution < -0.4 is 5.56 Å². The van der Waals surface area contributed by atoms with Crippen molar-refractivity contribution in [2.75, 3.05) is 6.54 Å². The van der Waals surface area contributed by atoms with Gasteiger partial charge in [0.2, 0.25) is 5.91 Å². The summed E-state index contributed by atoms with van der Waals surface area (Å²) in [5, 5.41) is 0. The minimum absolute atomic E-state index is 0.114. The number of aryl methyl sites for hydroxylation is 2. The Morgan fingerprint density at radius 2 is 2.00 bits per heavy atom. The van der Waals surface area contributed by atoms with Crippen LogP contribution in [-0.2, 0) is 11.2 Å². The van der Waals surface area contributed by atoms with Gasteiger partial charge in [0.1, 0.15) is 5.82 Å². The van der Waals surface area contributed by atoms with E-state index in [1.807, 2.05) is 18.7 Å². The monoisotopic (exact) mass is 291 g/mol. The molecule has 2 rings (SSSR count). The smallest absolute Gasteiger partial charge is 0.254 e. The molecule has 1 aromatic rings. The summed E-state index contributed by atoms with van der Waals surface area (Å²) in [5.41, 5.74) is 1.25. The van der Waals surface area contributed by atoms with Gasteiger partial charge in [0.15, 0.2) is 0 Å². The van der Waals surface area contributed by atoms with E-state index in [9.17, 15) is 9.59 Å². The molecule has 1 aliphatic carbocycles. The van der Waals surface area contributed by atoms with E-state index in [4.69, 9.17) is 0 Å². The highest BCUT2D eigenvalue weighted by Gasteiger charge is 2.25. The lowest BCUT2D eigenvalue weighted by Gasteiger charge is -2.27. The Kier molecular flexibility index (Phi) is 5.15. The molecule has 1 aromatic heterocycles. The fourth-order valence-electron chi connectivity index (χ4n) is 3.28. The average Bonchev–Trinajstić information content (AvgIpc) is 2.92. The van der Waals surface area contributed by atoms with Crippen LogP contribution in [0.4, 0.5) is 0 Å². The molecule has 0 aliphatic heterocycles. The number of rotatable bonds is 5. The quantitative estimate of drug-likeness (QED) is 0.903. The summed E-state index contributed by atoms with van der Waals surface area (Å²) in [6.07, 6.45) is 5.52.